The summed E-state index contributed by atoms with van der Waals surface area (Å²) in [7, 11) is 0. The second-order valence-electron chi connectivity index (χ2n) is 5.95. The van der Waals surface area contributed by atoms with E-state index in [9.17, 15) is 4.79 Å². The van der Waals surface area contributed by atoms with E-state index in [2.05, 4.69) is 17.0 Å². The van der Waals surface area contributed by atoms with E-state index in [1.54, 1.807) is 0 Å². The Bertz CT molecular complexity index is 752. The molecule has 1 fully saturated rings. The van der Waals surface area contributed by atoms with Gasteiger partial charge in [0.2, 0.25) is 5.12 Å². The maximum Gasteiger partial charge on any atom is 0.207 e. The topological polar surface area (TPSA) is 29.5 Å². The third-order valence-electron chi connectivity index (χ3n) is 4.47. The summed E-state index contributed by atoms with van der Waals surface area (Å²) in [4.78, 5) is 15.2. The molecule has 2 aromatic carbocycles. The Hall–Kier alpha value is -2.04. The number of carbonyl (C=O) groups excluding carboxylic acids is 1. The van der Waals surface area contributed by atoms with Crippen molar-refractivity contribution in [1.82, 2.24) is 4.90 Å². The number of thioether (sulfide) groups is 1. The van der Waals surface area contributed by atoms with Crippen LogP contribution in [0.3, 0.4) is 0 Å². The van der Waals surface area contributed by atoms with Gasteiger partial charge in [-0.3, -0.25) is 4.79 Å². The summed E-state index contributed by atoms with van der Waals surface area (Å²) in [6, 6.07) is 20.4. The highest BCUT2D eigenvalue weighted by atomic mass is 32.2. The Morgan fingerprint density at radius 1 is 0.917 bits per heavy atom. The Balaban J connectivity index is 1.83. The summed E-state index contributed by atoms with van der Waals surface area (Å²) < 4.78 is 5.48. The molecule has 0 aliphatic carbocycles. The van der Waals surface area contributed by atoms with Gasteiger partial charge in [0.15, 0.2) is 0 Å². The van der Waals surface area contributed by atoms with Crippen molar-refractivity contribution in [3.05, 3.63) is 76.8 Å². The molecule has 0 radical (unpaired) electrons. The van der Waals surface area contributed by atoms with Crippen molar-refractivity contribution in [2.24, 2.45) is 0 Å². The molecule has 2 aliphatic rings. The molecule has 4 rings (SSSR count). The molecule has 24 heavy (non-hydrogen) atoms. The van der Waals surface area contributed by atoms with Crippen molar-refractivity contribution >= 4 is 22.5 Å². The minimum Gasteiger partial charge on any atom is -0.378 e. The van der Waals surface area contributed by atoms with Gasteiger partial charge in [-0.1, -0.05) is 60.7 Å². The normalized spacial score (nSPS) is 21.4. The molecule has 1 atom stereocenters. The summed E-state index contributed by atoms with van der Waals surface area (Å²) in [5, 5.41) is 1.31. The van der Waals surface area contributed by atoms with Crippen LogP contribution < -0.4 is 0 Å². The lowest BCUT2D eigenvalue weighted by Gasteiger charge is -2.30. The molecule has 1 saturated heterocycles. The number of nitrogens with zero attached hydrogens (tertiary/aromatic N) is 1. The highest BCUT2D eigenvalue weighted by molar-refractivity contribution is 8.17. The van der Waals surface area contributed by atoms with Gasteiger partial charge in [-0.25, -0.2) is 0 Å². The molecule has 2 heterocycles. The van der Waals surface area contributed by atoms with Crippen molar-refractivity contribution in [3.63, 3.8) is 0 Å². The molecule has 3 nitrogen and oxygen atoms in total. The molecule has 0 bridgehead atoms. The zero-order chi connectivity index (χ0) is 16.4. The largest absolute Gasteiger partial charge is 0.378 e. The fourth-order valence-electron chi connectivity index (χ4n) is 3.31. The summed E-state index contributed by atoms with van der Waals surface area (Å²) in [6.07, 6.45) is 0. The first-order valence-corrected chi connectivity index (χ1v) is 9.05. The fraction of sp³-hybridized carbons (Fsp3) is 0.250. The lowest BCUT2D eigenvalue weighted by molar-refractivity contribution is -0.111. The van der Waals surface area contributed by atoms with E-state index in [-0.39, 0.29) is 11.0 Å². The Morgan fingerprint density at radius 2 is 1.54 bits per heavy atom. The Labute approximate surface area is 146 Å². The van der Waals surface area contributed by atoms with E-state index in [4.69, 9.17) is 4.74 Å². The molecule has 0 amide bonds. The van der Waals surface area contributed by atoms with Gasteiger partial charge in [-0.05, 0) is 22.9 Å². The smallest absolute Gasteiger partial charge is 0.207 e. The second kappa shape index (κ2) is 6.83. The number of allylic oxidation sites excluding steroid dienone is 1. The Morgan fingerprint density at radius 3 is 2.21 bits per heavy atom. The lowest BCUT2D eigenvalue weighted by atomic mass is 9.88. The van der Waals surface area contributed by atoms with E-state index >= 15 is 0 Å². The van der Waals surface area contributed by atoms with Crippen LogP contribution >= 0.6 is 11.8 Å². The first kappa shape index (κ1) is 15.5. The molecular weight excluding hydrogens is 318 g/mol. The van der Waals surface area contributed by atoms with Crippen LogP contribution in [0.25, 0.3) is 5.57 Å². The predicted octanol–water partition coefficient (Wildman–Crippen LogP) is 3.74. The maximum absolute atomic E-state index is 12.9. The number of hydrogen-bond donors (Lipinski definition) is 0. The fourth-order valence-corrected chi connectivity index (χ4v) is 4.53. The highest BCUT2D eigenvalue weighted by Crippen LogP contribution is 2.49. The van der Waals surface area contributed by atoms with Crippen molar-refractivity contribution in [3.8, 4) is 0 Å². The van der Waals surface area contributed by atoms with Crippen molar-refractivity contribution in [2.75, 3.05) is 26.3 Å². The van der Waals surface area contributed by atoms with Gasteiger partial charge in [0.1, 0.15) is 0 Å². The zero-order valence-electron chi connectivity index (χ0n) is 13.4. The quantitative estimate of drug-likeness (QED) is 0.853. The monoisotopic (exact) mass is 337 g/mol. The zero-order valence-corrected chi connectivity index (χ0v) is 14.2. The van der Waals surface area contributed by atoms with Crippen LogP contribution in [0.1, 0.15) is 17.0 Å². The third kappa shape index (κ3) is 2.87. The van der Waals surface area contributed by atoms with Crippen LogP contribution in [0, 0.1) is 0 Å². The molecule has 1 unspecified atom stereocenters. The number of hydrogen-bond acceptors (Lipinski definition) is 4. The van der Waals surface area contributed by atoms with E-state index in [1.165, 1.54) is 11.8 Å². The van der Waals surface area contributed by atoms with Crippen LogP contribution in [-0.2, 0) is 9.53 Å². The summed E-state index contributed by atoms with van der Waals surface area (Å²) in [5.41, 5.74) is 3.34. The standard InChI is InChI=1S/C20H19NO2S/c22-20-18(16-9-5-2-6-10-16)17(15-7-3-1-4-8-15)19(24-20)21-11-13-23-14-12-21/h1-10,18H,11-14H2. The molecule has 122 valence electrons. The summed E-state index contributed by atoms with van der Waals surface area (Å²) >= 11 is 1.39. The van der Waals surface area contributed by atoms with E-state index in [0.717, 1.165) is 48.0 Å². The summed E-state index contributed by atoms with van der Waals surface area (Å²) in [6.45, 7) is 3.12. The number of benzene rings is 2. The molecule has 2 aliphatic heterocycles. The number of carbonyl (C=O) groups is 1. The average Bonchev–Trinajstić information content (AvgIpc) is 3.01. The Kier molecular flexibility index (Phi) is 4.41. The van der Waals surface area contributed by atoms with E-state index < -0.39 is 0 Å². The van der Waals surface area contributed by atoms with Crippen molar-refractivity contribution < 1.29 is 9.53 Å². The lowest BCUT2D eigenvalue weighted by Crippen LogP contribution is -2.34. The molecule has 0 saturated carbocycles. The van der Waals surface area contributed by atoms with Crippen LogP contribution in [-0.4, -0.2) is 36.3 Å². The van der Waals surface area contributed by atoms with Crippen LogP contribution in [0.5, 0.6) is 0 Å². The number of ether oxygens (including phenoxy) is 1. The minimum atomic E-state index is -0.198. The molecule has 0 N–H and O–H groups in total. The van der Waals surface area contributed by atoms with E-state index in [0.29, 0.717) is 0 Å². The van der Waals surface area contributed by atoms with Crippen molar-refractivity contribution in [2.45, 2.75) is 5.92 Å². The van der Waals surface area contributed by atoms with Gasteiger partial charge in [-0.2, -0.15) is 0 Å². The van der Waals surface area contributed by atoms with Crippen LogP contribution in [0.15, 0.2) is 65.7 Å². The highest BCUT2D eigenvalue weighted by Gasteiger charge is 2.38. The molecule has 0 spiro atoms. The predicted molar refractivity (Wildman–Crippen MR) is 97.5 cm³/mol. The molecule has 2 aromatic rings. The van der Waals surface area contributed by atoms with Crippen molar-refractivity contribution in [1.29, 1.82) is 0 Å². The number of rotatable bonds is 3. The third-order valence-corrected chi connectivity index (χ3v) is 5.58. The molecular formula is C20H19NO2S. The van der Waals surface area contributed by atoms with Gasteiger partial charge < -0.3 is 9.64 Å². The SMILES string of the molecule is O=C1SC(N2CCOCC2)=C(c2ccccc2)C1c1ccccc1. The average molecular weight is 337 g/mol. The molecule has 4 heteroatoms. The molecule has 0 aromatic heterocycles. The van der Waals surface area contributed by atoms with Gasteiger partial charge in [0.25, 0.3) is 0 Å². The first-order valence-electron chi connectivity index (χ1n) is 8.23. The summed E-state index contributed by atoms with van der Waals surface area (Å²) in [5.74, 6) is -0.198. The minimum absolute atomic E-state index is 0.198. The van der Waals surface area contributed by atoms with Crippen LogP contribution in [0.4, 0.5) is 0 Å². The van der Waals surface area contributed by atoms with Gasteiger partial charge >= 0.3 is 0 Å². The number of morpholine rings is 1. The van der Waals surface area contributed by atoms with Gasteiger partial charge in [0, 0.05) is 18.7 Å². The van der Waals surface area contributed by atoms with Gasteiger partial charge in [-0.15, -0.1) is 0 Å². The van der Waals surface area contributed by atoms with Gasteiger partial charge in [0.05, 0.1) is 24.2 Å². The van der Waals surface area contributed by atoms with E-state index in [1.807, 2.05) is 48.5 Å². The second-order valence-corrected chi connectivity index (χ2v) is 6.94. The first-order chi connectivity index (χ1) is 11.8. The maximum atomic E-state index is 12.9. The van der Waals surface area contributed by atoms with Crippen LogP contribution in [0.2, 0.25) is 0 Å².